The molecule has 1 saturated heterocycles. The monoisotopic (exact) mass is 465 g/mol. The van der Waals surface area contributed by atoms with Gasteiger partial charge < -0.3 is 19.7 Å². The van der Waals surface area contributed by atoms with E-state index >= 15 is 0 Å². The minimum Gasteiger partial charge on any atom is -0.497 e. The second-order valence-corrected chi connectivity index (χ2v) is 9.16. The van der Waals surface area contributed by atoms with Crippen molar-refractivity contribution < 1.29 is 14.3 Å². The number of hydrogen-bond donors (Lipinski definition) is 1. The fraction of sp³-hybridized carbons (Fsp3) is 0.346. The van der Waals surface area contributed by atoms with Crippen molar-refractivity contribution in [1.29, 1.82) is 0 Å². The van der Waals surface area contributed by atoms with E-state index in [2.05, 4.69) is 69.9 Å². The Morgan fingerprint density at radius 1 is 0.939 bits per heavy atom. The normalized spacial score (nSPS) is 16.2. The van der Waals surface area contributed by atoms with Gasteiger partial charge in [0.25, 0.3) is 5.91 Å². The lowest BCUT2D eigenvalue weighted by atomic mass is 10.0. The summed E-state index contributed by atoms with van der Waals surface area (Å²) in [5.41, 5.74) is 1.79. The van der Waals surface area contributed by atoms with Crippen LogP contribution in [0.4, 0.5) is 5.69 Å². The van der Waals surface area contributed by atoms with Crippen LogP contribution in [-0.4, -0.2) is 57.2 Å². The number of methoxy groups -OCH3 is 2. The molecule has 1 aliphatic rings. The van der Waals surface area contributed by atoms with E-state index in [1.54, 1.807) is 43.8 Å². The van der Waals surface area contributed by atoms with E-state index in [0.717, 1.165) is 26.2 Å². The number of nitrogens with zero attached hydrogens (tertiary/aromatic N) is 2. The van der Waals surface area contributed by atoms with Gasteiger partial charge in [-0.15, -0.1) is 11.3 Å². The number of rotatable bonds is 8. The van der Waals surface area contributed by atoms with E-state index in [9.17, 15) is 4.79 Å². The fourth-order valence-corrected chi connectivity index (χ4v) is 5.37. The number of para-hydroxylation sites is 1. The van der Waals surface area contributed by atoms with Crippen LogP contribution >= 0.6 is 11.3 Å². The molecule has 0 spiro atoms. The predicted molar refractivity (Wildman–Crippen MR) is 134 cm³/mol. The van der Waals surface area contributed by atoms with Gasteiger partial charge in [0.1, 0.15) is 11.5 Å². The van der Waals surface area contributed by atoms with Crippen molar-refractivity contribution in [3.63, 3.8) is 0 Å². The van der Waals surface area contributed by atoms with E-state index in [0.29, 0.717) is 17.1 Å². The highest BCUT2D eigenvalue weighted by atomic mass is 32.1. The highest BCUT2D eigenvalue weighted by molar-refractivity contribution is 7.10. The van der Waals surface area contributed by atoms with E-state index in [1.807, 2.05) is 0 Å². The first-order chi connectivity index (χ1) is 16.1. The molecule has 0 unspecified atom stereocenters. The zero-order valence-corrected chi connectivity index (χ0v) is 20.2. The zero-order chi connectivity index (χ0) is 23.2. The third-order valence-corrected chi connectivity index (χ3v) is 7.05. The van der Waals surface area contributed by atoms with Crippen LogP contribution in [0.3, 0.4) is 0 Å². The lowest BCUT2D eigenvalue weighted by molar-refractivity contribution is 0.0890. The predicted octanol–water partition coefficient (Wildman–Crippen LogP) is 4.45. The lowest BCUT2D eigenvalue weighted by Crippen LogP contribution is -2.52. The van der Waals surface area contributed by atoms with Crippen molar-refractivity contribution in [3.8, 4) is 11.5 Å². The van der Waals surface area contributed by atoms with Crippen molar-refractivity contribution in [3.05, 3.63) is 76.5 Å². The van der Waals surface area contributed by atoms with Crippen LogP contribution in [0.15, 0.2) is 66.0 Å². The molecular weight excluding hydrogens is 434 g/mol. The van der Waals surface area contributed by atoms with Crippen molar-refractivity contribution in [2.75, 3.05) is 45.3 Å². The Bertz CT molecular complexity index is 1010. The average molecular weight is 466 g/mol. The van der Waals surface area contributed by atoms with Crippen molar-refractivity contribution in [2.24, 2.45) is 0 Å². The van der Waals surface area contributed by atoms with Crippen LogP contribution in [0.5, 0.6) is 11.5 Å². The van der Waals surface area contributed by atoms with Gasteiger partial charge in [0, 0.05) is 54.4 Å². The van der Waals surface area contributed by atoms with Gasteiger partial charge in [-0.2, -0.15) is 0 Å². The van der Waals surface area contributed by atoms with Gasteiger partial charge >= 0.3 is 0 Å². The molecule has 1 fully saturated rings. The molecule has 2 aromatic carbocycles. The molecule has 0 aliphatic carbocycles. The number of carbonyl (C=O) groups is 1. The van der Waals surface area contributed by atoms with E-state index in [1.165, 1.54) is 10.6 Å². The number of piperazine rings is 1. The summed E-state index contributed by atoms with van der Waals surface area (Å²) in [6.07, 6.45) is 0. The minimum atomic E-state index is -0.135. The molecule has 2 atom stereocenters. The molecule has 4 rings (SSSR count). The van der Waals surface area contributed by atoms with Crippen LogP contribution < -0.4 is 19.7 Å². The molecule has 1 amide bonds. The lowest BCUT2D eigenvalue weighted by Gasteiger charge is -2.42. The third-order valence-electron chi connectivity index (χ3n) is 6.11. The topological polar surface area (TPSA) is 54.0 Å². The summed E-state index contributed by atoms with van der Waals surface area (Å²) in [6.45, 7) is 5.87. The summed E-state index contributed by atoms with van der Waals surface area (Å²) in [6, 6.07) is 20.1. The number of hydrogen-bond acceptors (Lipinski definition) is 6. The number of ether oxygens (including phenoxy) is 2. The number of carbonyl (C=O) groups excluding carboxylic acids is 1. The zero-order valence-electron chi connectivity index (χ0n) is 19.4. The van der Waals surface area contributed by atoms with Crippen molar-refractivity contribution in [2.45, 2.75) is 19.0 Å². The number of amides is 1. The fourth-order valence-electron chi connectivity index (χ4n) is 4.41. The van der Waals surface area contributed by atoms with Crippen LogP contribution in [0, 0.1) is 0 Å². The van der Waals surface area contributed by atoms with Gasteiger partial charge in [-0.3, -0.25) is 9.69 Å². The standard InChI is InChI=1S/C26H31N3O3S/c1-19(27-26(30)20-16-22(31-2)18-23(17-20)32-3)25(24-10-7-15-33-24)29-13-11-28(12-14-29)21-8-5-4-6-9-21/h4-10,15-19,25H,11-14H2,1-3H3,(H,27,30)/t19-,25-/m0/s1. The first-order valence-electron chi connectivity index (χ1n) is 11.2. The molecule has 1 N–H and O–H groups in total. The molecule has 0 saturated carbocycles. The number of anilines is 1. The quantitative estimate of drug-likeness (QED) is 0.533. The molecular formula is C26H31N3O3S. The summed E-state index contributed by atoms with van der Waals surface area (Å²) in [5.74, 6) is 1.06. The minimum absolute atomic E-state index is 0.0726. The van der Waals surface area contributed by atoms with Crippen molar-refractivity contribution >= 4 is 22.9 Å². The van der Waals surface area contributed by atoms with Gasteiger partial charge in [-0.05, 0) is 42.6 Å². The summed E-state index contributed by atoms with van der Waals surface area (Å²) in [7, 11) is 3.17. The Hall–Kier alpha value is -3.03. The molecule has 6 nitrogen and oxygen atoms in total. The van der Waals surface area contributed by atoms with Crippen LogP contribution in [0.25, 0.3) is 0 Å². The van der Waals surface area contributed by atoms with Gasteiger partial charge in [0.2, 0.25) is 0 Å². The Labute approximate surface area is 199 Å². The summed E-state index contributed by atoms with van der Waals surface area (Å²) in [4.78, 5) is 19.3. The average Bonchev–Trinajstić information content (AvgIpc) is 3.39. The highest BCUT2D eigenvalue weighted by Crippen LogP contribution is 2.31. The van der Waals surface area contributed by atoms with Crippen LogP contribution in [-0.2, 0) is 0 Å². The summed E-state index contributed by atoms with van der Waals surface area (Å²) < 4.78 is 10.7. The largest absolute Gasteiger partial charge is 0.497 e. The Balaban J connectivity index is 1.48. The third kappa shape index (κ3) is 5.49. The highest BCUT2D eigenvalue weighted by Gasteiger charge is 2.31. The SMILES string of the molecule is COc1cc(OC)cc(C(=O)N[C@@H](C)[C@@H](c2cccs2)N2CCN(c3ccccc3)CC2)c1. The summed E-state index contributed by atoms with van der Waals surface area (Å²) >= 11 is 1.74. The molecule has 174 valence electrons. The number of nitrogens with one attached hydrogen (secondary N) is 1. The maximum absolute atomic E-state index is 13.1. The summed E-state index contributed by atoms with van der Waals surface area (Å²) in [5, 5.41) is 5.33. The molecule has 1 aromatic heterocycles. The molecule has 3 aromatic rings. The van der Waals surface area contributed by atoms with Gasteiger partial charge in [0.15, 0.2) is 0 Å². The molecule has 0 bridgehead atoms. The van der Waals surface area contributed by atoms with Crippen LogP contribution in [0.1, 0.15) is 28.2 Å². The van der Waals surface area contributed by atoms with E-state index < -0.39 is 0 Å². The number of benzene rings is 2. The molecule has 0 radical (unpaired) electrons. The smallest absolute Gasteiger partial charge is 0.251 e. The molecule has 2 heterocycles. The molecule has 33 heavy (non-hydrogen) atoms. The van der Waals surface area contributed by atoms with Gasteiger partial charge in [-0.25, -0.2) is 0 Å². The Morgan fingerprint density at radius 3 is 2.18 bits per heavy atom. The second kappa shape index (κ2) is 10.7. The maximum atomic E-state index is 13.1. The van der Waals surface area contributed by atoms with Crippen molar-refractivity contribution in [1.82, 2.24) is 10.2 Å². The van der Waals surface area contributed by atoms with Gasteiger partial charge in [-0.1, -0.05) is 24.3 Å². The Morgan fingerprint density at radius 2 is 1.61 bits per heavy atom. The van der Waals surface area contributed by atoms with Crippen LogP contribution in [0.2, 0.25) is 0 Å². The number of thiophene rings is 1. The Kier molecular flexibility index (Phi) is 7.52. The van der Waals surface area contributed by atoms with E-state index in [4.69, 9.17) is 9.47 Å². The maximum Gasteiger partial charge on any atom is 0.251 e. The first-order valence-corrected chi connectivity index (χ1v) is 12.1. The van der Waals surface area contributed by atoms with Gasteiger partial charge in [0.05, 0.1) is 20.3 Å². The first kappa shape index (κ1) is 23.1. The molecule has 1 aliphatic heterocycles. The van der Waals surface area contributed by atoms with E-state index in [-0.39, 0.29) is 18.0 Å². The molecule has 7 heteroatoms. The second-order valence-electron chi connectivity index (χ2n) is 8.18.